The average Bonchev–Trinajstić information content (AvgIpc) is 4.30. The second-order valence-electron chi connectivity index (χ2n) is 19.0. The highest BCUT2D eigenvalue weighted by molar-refractivity contribution is 6.68. The van der Waals surface area contributed by atoms with Crippen molar-refractivity contribution in [2.45, 2.75) is 0 Å². The maximum absolute atomic E-state index is 11.3. The number of nitrogens with zero attached hydrogens (tertiary/aromatic N) is 7. The summed E-state index contributed by atoms with van der Waals surface area (Å²) in [6, 6.07) is 72.6. The van der Waals surface area contributed by atoms with Crippen molar-refractivity contribution < 1.29 is 0 Å². The summed E-state index contributed by atoms with van der Waals surface area (Å²) < 4.78 is 6.46. The van der Waals surface area contributed by atoms with Crippen molar-refractivity contribution >= 4 is 132 Å². The van der Waals surface area contributed by atoms with Crippen molar-refractivity contribution in [3.05, 3.63) is 212 Å². The first-order chi connectivity index (χ1) is 37.2. The summed E-state index contributed by atoms with van der Waals surface area (Å²) in [5.74, 6) is 1.42. The number of aromatic nitrogens is 6. The number of para-hydroxylation sites is 4. The molecule has 14 rings (SSSR count). The molecule has 0 spiro atoms. The van der Waals surface area contributed by atoms with Crippen molar-refractivity contribution in [3.63, 3.8) is 0 Å². The molecule has 340 valence electrons. The van der Waals surface area contributed by atoms with Crippen molar-refractivity contribution in [3.8, 4) is 68.4 Å². The summed E-state index contributed by atoms with van der Waals surface area (Å²) in [7, 11) is 32.8. The van der Waals surface area contributed by atoms with Crippen LogP contribution in [0.25, 0.3) is 128 Å². The van der Waals surface area contributed by atoms with Crippen LogP contribution < -0.4 is 27.3 Å². The van der Waals surface area contributed by atoms with Gasteiger partial charge in [-0.15, -0.1) is 16.4 Å². The van der Waals surface area contributed by atoms with E-state index < -0.39 is 0 Å². The molecule has 0 atom stereocenters. The molecular weight excluding hydrogens is 921 g/mol. The van der Waals surface area contributed by atoms with E-state index in [4.69, 9.17) is 54.2 Å². The van der Waals surface area contributed by atoms with Gasteiger partial charge in [-0.1, -0.05) is 144 Å². The fourth-order valence-electron chi connectivity index (χ4n) is 11.2. The SMILES string of the molecule is [B]c1c([B])c([B])c(-n2c3ccccc3c3c2ccc2c4ccccc4n(-c4ccc(-c5nc(-c6ccc(-c7ccccc7)cc6)nc(-c6ccc7c(c6)c6ccccc6n7-c6ccccc6)n5)cc4C#N)c23)c([B])c1[B]. The molecule has 4 aromatic heterocycles. The van der Waals surface area contributed by atoms with E-state index >= 15 is 0 Å². The quantitative estimate of drug-likeness (QED) is 0.149. The maximum Gasteiger partial charge on any atom is 0.164 e. The standard InChI is InChI=1S/C64H34B5N7/c65-55-56(66)58(68)61(59(69)57(55)67)76-51-22-12-9-19-46(51)54-53(76)32-29-45-43-17-7-11-21-50(43)75(60(45)54)48-30-27-39(33-41(48)35-70)63-71-62(38-25-23-37(24-26-38)36-13-3-1-4-14-36)72-64(73-63)40-28-31-52-47(34-40)44-18-8-10-20-49(44)74(52)42-15-5-2-6-16-42/h1-34H. The molecule has 4 heterocycles. The van der Waals surface area contributed by atoms with Gasteiger partial charge in [0.25, 0.3) is 0 Å². The van der Waals surface area contributed by atoms with Crippen molar-refractivity contribution in [1.82, 2.24) is 28.7 Å². The van der Waals surface area contributed by atoms with Gasteiger partial charge < -0.3 is 13.7 Å². The zero-order chi connectivity index (χ0) is 51.3. The average molecular weight is 955 g/mol. The minimum Gasteiger partial charge on any atom is -0.310 e. The van der Waals surface area contributed by atoms with Gasteiger partial charge in [0.1, 0.15) is 45.3 Å². The Morgan fingerprint density at radius 2 is 0.803 bits per heavy atom. The Balaban J connectivity index is 0.976. The summed E-state index contributed by atoms with van der Waals surface area (Å²) in [4.78, 5) is 15.6. The van der Waals surface area contributed by atoms with Gasteiger partial charge in [0.2, 0.25) is 0 Å². The van der Waals surface area contributed by atoms with E-state index in [1.165, 1.54) is 0 Å². The Labute approximate surface area is 443 Å². The van der Waals surface area contributed by atoms with Gasteiger partial charge in [0.05, 0.1) is 44.4 Å². The molecular formula is C64H34B5N7. The van der Waals surface area contributed by atoms with Crippen LogP contribution in [0.15, 0.2) is 206 Å². The van der Waals surface area contributed by atoms with Crippen LogP contribution in [-0.4, -0.2) is 67.9 Å². The molecule has 0 unspecified atom stereocenters. The Morgan fingerprint density at radius 3 is 1.46 bits per heavy atom. The third kappa shape index (κ3) is 6.86. The van der Waals surface area contributed by atoms with Crippen LogP contribution in [0.1, 0.15) is 5.56 Å². The number of nitriles is 1. The van der Waals surface area contributed by atoms with E-state index in [0.717, 1.165) is 93.4 Å². The van der Waals surface area contributed by atoms with Gasteiger partial charge in [-0.2, -0.15) is 5.26 Å². The normalized spacial score (nSPS) is 11.7. The molecule has 10 radical (unpaired) electrons. The summed E-state index contributed by atoms with van der Waals surface area (Å²) >= 11 is 0. The highest BCUT2D eigenvalue weighted by atomic mass is 15.0. The van der Waals surface area contributed by atoms with Crippen LogP contribution in [-0.2, 0) is 0 Å². The van der Waals surface area contributed by atoms with E-state index in [2.05, 4.69) is 137 Å². The molecule has 0 bridgehead atoms. The third-order valence-corrected chi connectivity index (χ3v) is 14.8. The predicted molar refractivity (Wildman–Crippen MR) is 316 cm³/mol. The van der Waals surface area contributed by atoms with Gasteiger partial charge >= 0.3 is 0 Å². The molecule has 0 saturated carbocycles. The zero-order valence-electron chi connectivity index (χ0n) is 40.6. The third-order valence-electron chi connectivity index (χ3n) is 14.8. The maximum atomic E-state index is 11.3. The van der Waals surface area contributed by atoms with Crippen LogP contribution in [0.3, 0.4) is 0 Å². The van der Waals surface area contributed by atoms with E-state index in [0.29, 0.717) is 40.0 Å². The molecule has 0 aliphatic heterocycles. The van der Waals surface area contributed by atoms with E-state index in [9.17, 15) is 5.26 Å². The number of rotatable bonds is 7. The van der Waals surface area contributed by atoms with Gasteiger partial charge in [0, 0.05) is 60.4 Å². The fraction of sp³-hybridized carbons (Fsp3) is 0. The Kier molecular flexibility index (Phi) is 10.4. The smallest absolute Gasteiger partial charge is 0.164 e. The Hall–Kier alpha value is -9.58. The molecule has 7 nitrogen and oxygen atoms in total. The number of fused-ring (bicyclic) bond motifs is 10. The molecule has 0 saturated heterocycles. The molecule has 0 amide bonds. The number of hydrogen-bond acceptors (Lipinski definition) is 4. The molecule has 0 fully saturated rings. The lowest BCUT2D eigenvalue weighted by molar-refractivity contribution is 1.07. The molecule has 14 aromatic rings. The molecule has 0 aliphatic rings. The highest BCUT2D eigenvalue weighted by Crippen LogP contribution is 2.43. The first-order valence-electron chi connectivity index (χ1n) is 24.8. The Bertz CT molecular complexity index is 4740. The lowest BCUT2D eigenvalue weighted by Crippen LogP contribution is -2.56. The van der Waals surface area contributed by atoms with E-state index in [-0.39, 0.29) is 27.3 Å². The van der Waals surface area contributed by atoms with Crippen molar-refractivity contribution in [2.75, 3.05) is 0 Å². The van der Waals surface area contributed by atoms with Gasteiger partial charge in [0.15, 0.2) is 17.5 Å². The van der Waals surface area contributed by atoms with Crippen molar-refractivity contribution in [2.24, 2.45) is 0 Å². The summed E-state index contributed by atoms with van der Waals surface area (Å²) in [5, 5.41) is 17.3. The van der Waals surface area contributed by atoms with Gasteiger partial charge in [-0.25, -0.2) is 15.0 Å². The van der Waals surface area contributed by atoms with E-state index in [1.54, 1.807) is 0 Å². The summed E-state index contributed by atoms with van der Waals surface area (Å²) in [5.41, 5.74) is 13.6. The topological polar surface area (TPSA) is 77.2 Å². The fourth-order valence-corrected chi connectivity index (χ4v) is 11.2. The number of hydrogen-bond donors (Lipinski definition) is 0. The molecule has 0 aliphatic carbocycles. The van der Waals surface area contributed by atoms with Crippen LogP contribution in [0, 0.1) is 11.3 Å². The summed E-state index contributed by atoms with van der Waals surface area (Å²) in [6.45, 7) is 0. The van der Waals surface area contributed by atoms with Crippen LogP contribution in [0.2, 0.25) is 0 Å². The largest absolute Gasteiger partial charge is 0.310 e. The molecule has 12 heteroatoms. The summed E-state index contributed by atoms with van der Waals surface area (Å²) in [6.07, 6.45) is 0. The molecule has 76 heavy (non-hydrogen) atoms. The van der Waals surface area contributed by atoms with E-state index in [1.807, 2.05) is 89.5 Å². The monoisotopic (exact) mass is 955 g/mol. The van der Waals surface area contributed by atoms with Crippen LogP contribution >= 0.6 is 0 Å². The minimum atomic E-state index is 0.140. The van der Waals surface area contributed by atoms with Crippen molar-refractivity contribution in [1.29, 1.82) is 5.26 Å². The van der Waals surface area contributed by atoms with Gasteiger partial charge in [-0.3, -0.25) is 0 Å². The highest BCUT2D eigenvalue weighted by Gasteiger charge is 2.25. The second-order valence-corrected chi connectivity index (χ2v) is 19.0. The molecule has 0 N–H and O–H groups in total. The van der Waals surface area contributed by atoms with Crippen LogP contribution in [0.5, 0.6) is 0 Å². The minimum absolute atomic E-state index is 0.140. The lowest BCUT2D eigenvalue weighted by Gasteiger charge is -2.23. The first-order valence-corrected chi connectivity index (χ1v) is 24.8. The van der Waals surface area contributed by atoms with Crippen LogP contribution in [0.4, 0.5) is 0 Å². The Morgan fingerprint density at radius 1 is 0.342 bits per heavy atom. The lowest BCUT2D eigenvalue weighted by atomic mass is 9.61. The zero-order valence-corrected chi connectivity index (χ0v) is 40.6. The predicted octanol–water partition coefficient (Wildman–Crippen LogP) is 9.67. The number of benzene rings is 10. The van der Waals surface area contributed by atoms with Gasteiger partial charge in [-0.05, 0) is 83.9 Å². The first kappa shape index (κ1) is 45.1. The molecule has 10 aromatic carbocycles. The second kappa shape index (κ2) is 17.5.